The molecule has 0 fully saturated rings. The first kappa shape index (κ1) is 21.5. The fourth-order valence-electron chi connectivity index (χ4n) is 3.57. The number of thioether (sulfide) groups is 1. The van der Waals surface area contributed by atoms with Crippen molar-refractivity contribution in [2.24, 2.45) is 0 Å². The van der Waals surface area contributed by atoms with Crippen LogP contribution < -0.4 is 5.32 Å². The van der Waals surface area contributed by atoms with Crippen molar-refractivity contribution in [3.05, 3.63) is 101 Å². The second kappa shape index (κ2) is 9.64. The number of aromatic nitrogens is 3. The number of hydrogen-bond donors (Lipinski definition) is 1. The Bertz CT molecular complexity index is 1370. The van der Waals surface area contributed by atoms with Crippen molar-refractivity contribution >= 4 is 40.0 Å². The average molecular weight is 475 g/mol. The summed E-state index contributed by atoms with van der Waals surface area (Å²) >= 11 is 3.24. The van der Waals surface area contributed by atoms with Gasteiger partial charge in [0.15, 0.2) is 5.76 Å². The van der Waals surface area contributed by atoms with Crippen molar-refractivity contribution in [1.29, 1.82) is 0 Å². The van der Waals surface area contributed by atoms with Crippen molar-refractivity contribution in [2.45, 2.75) is 30.1 Å². The maximum atomic E-state index is 13.1. The Hall–Kier alpha value is -3.36. The van der Waals surface area contributed by atoms with E-state index in [2.05, 4.69) is 27.4 Å². The number of furan rings is 1. The number of carbonyl (C=O) groups excluding carboxylic acids is 1. The monoisotopic (exact) mass is 474 g/mol. The third-order valence-corrected chi connectivity index (χ3v) is 7.41. The summed E-state index contributed by atoms with van der Waals surface area (Å²) in [6.45, 7) is 3.18. The van der Waals surface area contributed by atoms with E-state index in [-0.39, 0.29) is 5.91 Å². The zero-order valence-corrected chi connectivity index (χ0v) is 19.7. The van der Waals surface area contributed by atoms with E-state index in [0.717, 1.165) is 38.7 Å². The summed E-state index contributed by atoms with van der Waals surface area (Å²) in [5.74, 6) is 0.781. The van der Waals surface area contributed by atoms with Crippen LogP contribution in [0.2, 0.25) is 0 Å². The van der Waals surface area contributed by atoms with Crippen LogP contribution in [-0.2, 0) is 18.8 Å². The van der Waals surface area contributed by atoms with Gasteiger partial charge in [-0.25, -0.2) is 9.97 Å². The molecule has 0 spiro atoms. The summed E-state index contributed by atoms with van der Waals surface area (Å²) in [5.41, 5.74) is 4.84. The number of nitrogens with zero attached hydrogens (tertiary/aromatic N) is 3. The number of benzene rings is 2. The van der Waals surface area contributed by atoms with Crippen molar-refractivity contribution in [3.63, 3.8) is 0 Å². The molecular weight excluding hydrogens is 452 g/mol. The molecule has 8 heteroatoms. The van der Waals surface area contributed by atoms with Crippen LogP contribution >= 0.6 is 23.1 Å². The van der Waals surface area contributed by atoms with Crippen molar-refractivity contribution in [3.8, 4) is 0 Å². The number of nitrogens with one attached hydrogen (secondary N) is 1. The predicted molar refractivity (Wildman–Crippen MR) is 132 cm³/mol. The highest BCUT2D eigenvalue weighted by Gasteiger charge is 2.21. The highest BCUT2D eigenvalue weighted by molar-refractivity contribution is 8.00. The van der Waals surface area contributed by atoms with Gasteiger partial charge < -0.3 is 14.3 Å². The van der Waals surface area contributed by atoms with E-state index in [0.29, 0.717) is 18.1 Å². The van der Waals surface area contributed by atoms with Crippen LogP contribution in [0, 0.1) is 6.92 Å². The maximum absolute atomic E-state index is 13.1. The molecule has 0 unspecified atom stereocenters. The maximum Gasteiger partial charge on any atom is 0.287 e. The van der Waals surface area contributed by atoms with Crippen LogP contribution in [-0.4, -0.2) is 20.4 Å². The van der Waals surface area contributed by atoms with Crippen LogP contribution in [0.5, 0.6) is 0 Å². The molecule has 3 heterocycles. The number of para-hydroxylation sites is 1. The highest BCUT2D eigenvalue weighted by atomic mass is 32.2. The van der Waals surface area contributed by atoms with Gasteiger partial charge in [0.25, 0.3) is 5.91 Å². The number of fused-ring (bicyclic) bond motifs is 1. The fourth-order valence-corrected chi connectivity index (χ4v) is 5.45. The Kier molecular flexibility index (Phi) is 6.28. The van der Waals surface area contributed by atoms with Crippen molar-refractivity contribution in [2.75, 3.05) is 0 Å². The molecule has 0 radical (unpaired) electrons. The first-order valence-electron chi connectivity index (χ1n) is 10.5. The number of rotatable bonds is 8. The molecule has 2 aromatic carbocycles. The third-order valence-electron chi connectivity index (χ3n) is 5.24. The number of thiazole rings is 1. The van der Waals surface area contributed by atoms with Gasteiger partial charge in [-0.15, -0.1) is 11.3 Å². The van der Waals surface area contributed by atoms with Gasteiger partial charge in [-0.2, -0.15) is 0 Å². The molecule has 0 aliphatic heterocycles. The van der Waals surface area contributed by atoms with E-state index in [1.807, 2.05) is 59.5 Å². The largest absolute Gasteiger partial charge is 0.451 e. The SMILES string of the molecule is Cc1csc(SCc2c(C(=O)NCc3ccc(Cn4ccnc4)cc3)oc3ccccc23)n1. The molecule has 0 saturated heterocycles. The van der Waals surface area contributed by atoms with E-state index >= 15 is 0 Å². The molecule has 0 atom stereocenters. The molecule has 0 saturated carbocycles. The Morgan fingerprint density at radius 1 is 1.15 bits per heavy atom. The first-order valence-corrected chi connectivity index (χ1v) is 12.4. The van der Waals surface area contributed by atoms with Gasteiger partial charge in [0.1, 0.15) is 9.92 Å². The summed E-state index contributed by atoms with van der Waals surface area (Å²) < 4.78 is 8.97. The van der Waals surface area contributed by atoms with Crippen molar-refractivity contribution < 1.29 is 9.21 Å². The summed E-state index contributed by atoms with van der Waals surface area (Å²) in [7, 11) is 0. The van der Waals surface area contributed by atoms with Crippen LogP contribution in [0.15, 0.2) is 81.4 Å². The van der Waals surface area contributed by atoms with E-state index in [1.165, 1.54) is 5.56 Å². The lowest BCUT2D eigenvalue weighted by atomic mass is 10.1. The topological polar surface area (TPSA) is 73.0 Å². The standard InChI is InChI=1S/C25H22N4O2S2/c1-17-14-32-25(28-17)33-15-21-20-4-2-3-5-22(20)31-23(21)24(30)27-12-18-6-8-19(9-7-18)13-29-11-10-26-16-29/h2-11,14,16H,12-13,15H2,1H3,(H,27,30). The minimum atomic E-state index is -0.209. The lowest BCUT2D eigenvalue weighted by molar-refractivity contribution is 0.0924. The minimum absolute atomic E-state index is 0.209. The molecule has 5 aromatic rings. The number of carbonyl (C=O) groups is 1. The highest BCUT2D eigenvalue weighted by Crippen LogP contribution is 2.33. The molecule has 0 aliphatic carbocycles. The van der Waals surface area contributed by atoms with Crippen LogP contribution in [0.25, 0.3) is 11.0 Å². The Labute approximate surface area is 199 Å². The third kappa shape index (κ3) is 5.02. The number of amides is 1. The normalized spacial score (nSPS) is 11.2. The molecule has 33 heavy (non-hydrogen) atoms. The zero-order chi connectivity index (χ0) is 22.6. The Balaban J connectivity index is 1.28. The Morgan fingerprint density at radius 2 is 1.97 bits per heavy atom. The van der Waals surface area contributed by atoms with Crippen LogP contribution in [0.3, 0.4) is 0 Å². The van der Waals surface area contributed by atoms with Gasteiger partial charge in [0.2, 0.25) is 0 Å². The zero-order valence-electron chi connectivity index (χ0n) is 18.0. The summed E-state index contributed by atoms with van der Waals surface area (Å²) in [6.07, 6.45) is 5.51. The molecule has 0 aliphatic rings. The molecule has 5 rings (SSSR count). The number of imidazole rings is 1. The van der Waals surface area contributed by atoms with Crippen LogP contribution in [0.4, 0.5) is 0 Å². The summed E-state index contributed by atoms with van der Waals surface area (Å²) in [6, 6.07) is 16.0. The van der Waals surface area contributed by atoms with Gasteiger partial charge in [-0.1, -0.05) is 54.2 Å². The molecule has 1 amide bonds. The molecule has 166 valence electrons. The van der Waals surface area contributed by atoms with Gasteiger partial charge in [-0.05, 0) is 24.1 Å². The van der Waals surface area contributed by atoms with Gasteiger partial charge in [0, 0.05) is 53.3 Å². The smallest absolute Gasteiger partial charge is 0.287 e. The molecule has 6 nitrogen and oxygen atoms in total. The quantitative estimate of drug-likeness (QED) is 0.294. The lowest BCUT2D eigenvalue weighted by Gasteiger charge is -2.07. The lowest BCUT2D eigenvalue weighted by Crippen LogP contribution is -2.23. The van der Waals surface area contributed by atoms with Gasteiger partial charge in [0.05, 0.1) is 6.33 Å². The van der Waals surface area contributed by atoms with E-state index in [4.69, 9.17) is 4.42 Å². The molecule has 1 N–H and O–H groups in total. The second-order valence-electron chi connectivity index (χ2n) is 7.68. The van der Waals surface area contributed by atoms with Gasteiger partial charge >= 0.3 is 0 Å². The minimum Gasteiger partial charge on any atom is -0.451 e. The first-order chi connectivity index (χ1) is 16.2. The predicted octanol–water partition coefficient (Wildman–Crippen LogP) is 5.66. The summed E-state index contributed by atoms with van der Waals surface area (Å²) in [5, 5.41) is 6.01. The Morgan fingerprint density at radius 3 is 2.73 bits per heavy atom. The van der Waals surface area contributed by atoms with Crippen molar-refractivity contribution in [1.82, 2.24) is 19.9 Å². The fraction of sp³-hybridized carbons (Fsp3) is 0.160. The average Bonchev–Trinajstić information content (AvgIpc) is 3.57. The van der Waals surface area contributed by atoms with Gasteiger partial charge in [-0.3, -0.25) is 4.79 Å². The van der Waals surface area contributed by atoms with Crippen LogP contribution in [0.1, 0.15) is 32.9 Å². The van der Waals surface area contributed by atoms with E-state index < -0.39 is 0 Å². The van der Waals surface area contributed by atoms with E-state index in [9.17, 15) is 4.79 Å². The number of aryl methyl sites for hydroxylation is 1. The molecular formula is C25H22N4O2S2. The van der Waals surface area contributed by atoms with E-state index in [1.54, 1.807) is 35.6 Å². The second-order valence-corrected chi connectivity index (χ2v) is 9.76. The number of hydrogen-bond acceptors (Lipinski definition) is 6. The summed E-state index contributed by atoms with van der Waals surface area (Å²) in [4.78, 5) is 21.7. The molecule has 0 bridgehead atoms. The molecule has 3 aromatic heterocycles.